The minimum Gasteiger partial charge on any atom is -0.393 e. The van der Waals surface area contributed by atoms with Crippen LogP contribution in [0, 0.1) is 23.2 Å². The summed E-state index contributed by atoms with van der Waals surface area (Å²) >= 11 is 0. The molecule has 0 aromatic heterocycles. The Labute approximate surface area is 125 Å². The van der Waals surface area contributed by atoms with Gasteiger partial charge in [-0.3, -0.25) is 0 Å². The van der Waals surface area contributed by atoms with Crippen LogP contribution < -0.4 is 0 Å². The molecule has 4 atom stereocenters. The van der Waals surface area contributed by atoms with Crippen LogP contribution in [0.3, 0.4) is 0 Å². The fraction of sp³-hybridized carbons (Fsp3) is 1.00. The summed E-state index contributed by atoms with van der Waals surface area (Å²) < 4.78 is 0. The molecule has 1 saturated heterocycles. The van der Waals surface area contributed by atoms with E-state index in [1.807, 2.05) is 0 Å². The van der Waals surface area contributed by atoms with Gasteiger partial charge in [0.15, 0.2) is 0 Å². The number of rotatable bonds is 4. The van der Waals surface area contributed by atoms with Gasteiger partial charge in [-0.05, 0) is 56.0 Å². The van der Waals surface area contributed by atoms with Crippen LogP contribution in [-0.4, -0.2) is 35.7 Å². The smallest absolute Gasteiger partial charge is 0.0585 e. The topological polar surface area (TPSA) is 23.5 Å². The largest absolute Gasteiger partial charge is 0.393 e. The molecule has 1 heterocycles. The Morgan fingerprint density at radius 2 is 1.65 bits per heavy atom. The Balaban J connectivity index is 1.86. The second-order valence-corrected chi connectivity index (χ2v) is 7.79. The van der Waals surface area contributed by atoms with Crippen LogP contribution >= 0.6 is 0 Å². The third-order valence-corrected chi connectivity index (χ3v) is 6.53. The Kier molecular flexibility index (Phi) is 5.53. The van der Waals surface area contributed by atoms with E-state index in [2.05, 4.69) is 32.6 Å². The van der Waals surface area contributed by atoms with Crippen molar-refractivity contribution in [2.24, 2.45) is 23.2 Å². The highest BCUT2D eigenvalue weighted by molar-refractivity contribution is 4.88. The summed E-state index contributed by atoms with van der Waals surface area (Å²) in [6.45, 7) is 12.9. The van der Waals surface area contributed by atoms with Crippen molar-refractivity contribution in [3.05, 3.63) is 0 Å². The Morgan fingerprint density at radius 1 is 1.05 bits per heavy atom. The zero-order valence-electron chi connectivity index (χ0n) is 14.1. The van der Waals surface area contributed by atoms with E-state index in [0.29, 0.717) is 23.2 Å². The van der Waals surface area contributed by atoms with Crippen molar-refractivity contribution in [2.75, 3.05) is 19.6 Å². The first-order chi connectivity index (χ1) is 9.49. The van der Waals surface area contributed by atoms with Gasteiger partial charge in [0.05, 0.1) is 6.10 Å². The molecule has 0 aromatic rings. The quantitative estimate of drug-likeness (QED) is 0.844. The lowest BCUT2D eigenvalue weighted by atomic mass is 9.72. The van der Waals surface area contributed by atoms with Crippen molar-refractivity contribution >= 4 is 0 Å². The fourth-order valence-corrected chi connectivity index (χ4v) is 4.64. The Bertz CT molecular complexity index is 278. The van der Waals surface area contributed by atoms with Crippen molar-refractivity contribution in [1.82, 2.24) is 4.90 Å². The number of aliphatic hydroxyl groups excluding tert-OH is 1. The third-order valence-electron chi connectivity index (χ3n) is 6.53. The SMILES string of the molecule is CCC1(CC)CCN(CC2C(C)CC(C)CC2O)CC1. The van der Waals surface area contributed by atoms with Gasteiger partial charge in [0.25, 0.3) is 0 Å². The van der Waals surface area contributed by atoms with Gasteiger partial charge < -0.3 is 10.0 Å². The maximum atomic E-state index is 10.4. The van der Waals surface area contributed by atoms with Gasteiger partial charge in [0, 0.05) is 12.5 Å². The van der Waals surface area contributed by atoms with Crippen molar-refractivity contribution in [2.45, 2.75) is 72.3 Å². The standard InChI is InChI=1S/C18H35NO/c1-5-18(6-2)7-9-19(10-8-18)13-16-15(4)11-14(3)12-17(16)20/h14-17,20H,5-13H2,1-4H3. The van der Waals surface area contributed by atoms with Crippen molar-refractivity contribution < 1.29 is 5.11 Å². The van der Waals surface area contributed by atoms with Crippen LogP contribution in [0.2, 0.25) is 0 Å². The highest BCUT2D eigenvalue weighted by Crippen LogP contribution is 2.39. The number of aliphatic hydroxyl groups is 1. The molecule has 0 radical (unpaired) electrons. The minimum absolute atomic E-state index is 0.0715. The minimum atomic E-state index is -0.0715. The molecule has 0 aromatic carbocycles. The molecule has 118 valence electrons. The van der Waals surface area contributed by atoms with E-state index in [-0.39, 0.29) is 6.10 Å². The number of likely N-dealkylation sites (tertiary alicyclic amines) is 1. The summed E-state index contributed by atoms with van der Waals surface area (Å²) in [5, 5.41) is 10.4. The summed E-state index contributed by atoms with van der Waals surface area (Å²) in [5.41, 5.74) is 0.613. The van der Waals surface area contributed by atoms with E-state index in [1.54, 1.807) is 0 Å². The van der Waals surface area contributed by atoms with Crippen LogP contribution in [0.1, 0.15) is 66.2 Å². The van der Waals surface area contributed by atoms with E-state index in [0.717, 1.165) is 13.0 Å². The monoisotopic (exact) mass is 281 g/mol. The number of hydrogen-bond donors (Lipinski definition) is 1. The third kappa shape index (κ3) is 3.57. The average Bonchev–Trinajstić information content (AvgIpc) is 2.43. The molecule has 0 bridgehead atoms. The van der Waals surface area contributed by atoms with Crippen LogP contribution in [0.25, 0.3) is 0 Å². The molecule has 2 heteroatoms. The van der Waals surface area contributed by atoms with Crippen LogP contribution in [0.15, 0.2) is 0 Å². The zero-order valence-corrected chi connectivity index (χ0v) is 14.1. The van der Waals surface area contributed by atoms with Crippen LogP contribution in [0.5, 0.6) is 0 Å². The molecule has 1 aliphatic carbocycles. The predicted octanol–water partition coefficient (Wildman–Crippen LogP) is 3.93. The number of hydrogen-bond acceptors (Lipinski definition) is 2. The summed E-state index contributed by atoms with van der Waals surface area (Å²) in [7, 11) is 0. The van der Waals surface area contributed by atoms with Gasteiger partial charge in [-0.15, -0.1) is 0 Å². The van der Waals surface area contributed by atoms with Gasteiger partial charge >= 0.3 is 0 Å². The zero-order chi connectivity index (χ0) is 14.8. The number of piperidine rings is 1. The lowest BCUT2D eigenvalue weighted by Crippen LogP contribution is -2.46. The Morgan fingerprint density at radius 3 is 2.15 bits per heavy atom. The number of nitrogens with zero attached hydrogens (tertiary/aromatic N) is 1. The van der Waals surface area contributed by atoms with Crippen LogP contribution in [0.4, 0.5) is 0 Å². The van der Waals surface area contributed by atoms with Gasteiger partial charge in [-0.25, -0.2) is 0 Å². The predicted molar refractivity (Wildman–Crippen MR) is 85.7 cm³/mol. The van der Waals surface area contributed by atoms with E-state index < -0.39 is 0 Å². The molecule has 1 N–H and O–H groups in total. The summed E-state index contributed by atoms with van der Waals surface area (Å²) in [5.74, 6) is 1.88. The lowest BCUT2D eigenvalue weighted by Gasteiger charge is -2.44. The molecule has 4 unspecified atom stereocenters. The summed E-state index contributed by atoms with van der Waals surface area (Å²) in [6.07, 6.45) is 7.61. The molecule has 1 saturated carbocycles. The first kappa shape index (κ1) is 16.3. The van der Waals surface area contributed by atoms with Crippen molar-refractivity contribution in [3.63, 3.8) is 0 Å². The molecule has 0 amide bonds. The molecule has 20 heavy (non-hydrogen) atoms. The molecular formula is C18H35NO. The summed E-state index contributed by atoms with van der Waals surface area (Å²) in [6, 6.07) is 0. The maximum Gasteiger partial charge on any atom is 0.0585 e. The summed E-state index contributed by atoms with van der Waals surface area (Å²) in [4.78, 5) is 2.63. The van der Waals surface area contributed by atoms with Gasteiger partial charge in [0.2, 0.25) is 0 Å². The van der Waals surface area contributed by atoms with Gasteiger partial charge in [0.1, 0.15) is 0 Å². The van der Waals surface area contributed by atoms with E-state index in [4.69, 9.17) is 0 Å². The molecule has 1 aliphatic heterocycles. The van der Waals surface area contributed by atoms with Gasteiger partial charge in [-0.1, -0.05) is 40.5 Å². The first-order valence-electron chi connectivity index (χ1n) is 8.90. The Hall–Kier alpha value is -0.0800. The molecular weight excluding hydrogens is 246 g/mol. The van der Waals surface area contributed by atoms with Crippen molar-refractivity contribution in [3.8, 4) is 0 Å². The van der Waals surface area contributed by atoms with Gasteiger partial charge in [-0.2, -0.15) is 0 Å². The normalized spacial score (nSPS) is 38.9. The molecule has 2 aliphatic rings. The van der Waals surface area contributed by atoms with Crippen molar-refractivity contribution in [1.29, 1.82) is 0 Å². The van der Waals surface area contributed by atoms with E-state index >= 15 is 0 Å². The van der Waals surface area contributed by atoms with Crippen LogP contribution in [-0.2, 0) is 0 Å². The molecule has 0 spiro atoms. The van der Waals surface area contributed by atoms with E-state index in [9.17, 15) is 5.11 Å². The fourth-order valence-electron chi connectivity index (χ4n) is 4.64. The second-order valence-electron chi connectivity index (χ2n) is 7.79. The van der Waals surface area contributed by atoms with E-state index in [1.165, 1.54) is 45.2 Å². The highest BCUT2D eigenvalue weighted by atomic mass is 16.3. The first-order valence-corrected chi connectivity index (χ1v) is 8.90. The molecule has 2 fully saturated rings. The average molecular weight is 281 g/mol. The highest BCUT2D eigenvalue weighted by Gasteiger charge is 2.36. The lowest BCUT2D eigenvalue weighted by molar-refractivity contribution is -0.0138. The molecule has 2 rings (SSSR count). The molecule has 2 nitrogen and oxygen atoms in total. The second kappa shape index (κ2) is 6.79. The maximum absolute atomic E-state index is 10.4.